The molecule has 2 rings (SSSR count). The van der Waals surface area contributed by atoms with Crippen LogP contribution in [0.25, 0.3) is 0 Å². The zero-order valence-electron chi connectivity index (χ0n) is 14.2. The first kappa shape index (κ1) is 17.8. The Morgan fingerprint density at radius 1 is 1.04 bits per heavy atom. The molecule has 2 aromatic rings. The van der Waals surface area contributed by atoms with E-state index >= 15 is 0 Å². The molecule has 0 heterocycles. The highest BCUT2D eigenvalue weighted by Crippen LogP contribution is 2.17. The fourth-order valence-corrected chi connectivity index (χ4v) is 2.33. The lowest BCUT2D eigenvalue weighted by Crippen LogP contribution is -2.38. The second-order valence-electron chi connectivity index (χ2n) is 5.87. The number of carbonyl (C=O) groups is 1. The molecule has 0 aliphatic carbocycles. The standard InChI is InChI=1S/C19H25N3O2/c1-22(2)17-10-8-16(9-11-17)18(23)14-21-19(24)20-13-12-15-6-4-3-5-7-15/h3-11,18,23H,12-14H2,1-2H3,(H2,20,21,24). The summed E-state index contributed by atoms with van der Waals surface area (Å²) in [5.41, 5.74) is 3.03. The lowest BCUT2D eigenvalue weighted by atomic mass is 10.1. The lowest BCUT2D eigenvalue weighted by molar-refractivity contribution is 0.173. The van der Waals surface area contributed by atoms with E-state index in [0.29, 0.717) is 6.54 Å². The van der Waals surface area contributed by atoms with E-state index in [0.717, 1.165) is 17.7 Å². The number of nitrogens with zero attached hydrogens (tertiary/aromatic N) is 1. The third-order valence-corrected chi connectivity index (χ3v) is 3.79. The average molecular weight is 327 g/mol. The van der Waals surface area contributed by atoms with Crippen LogP contribution in [0.1, 0.15) is 17.2 Å². The van der Waals surface area contributed by atoms with Gasteiger partial charge in [-0.2, -0.15) is 0 Å². The van der Waals surface area contributed by atoms with Gasteiger partial charge in [0.05, 0.1) is 6.10 Å². The summed E-state index contributed by atoms with van der Waals surface area (Å²) in [5, 5.41) is 15.6. The van der Waals surface area contributed by atoms with Crippen molar-refractivity contribution >= 4 is 11.7 Å². The van der Waals surface area contributed by atoms with Gasteiger partial charge in [-0.1, -0.05) is 42.5 Å². The molecule has 0 aliphatic rings. The molecule has 2 amide bonds. The van der Waals surface area contributed by atoms with Gasteiger partial charge in [0.25, 0.3) is 0 Å². The van der Waals surface area contributed by atoms with E-state index in [1.807, 2.05) is 73.6 Å². The van der Waals surface area contributed by atoms with Crippen LogP contribution in [0.4, 0.5) is 10.5 Å². The molecule has 0 bridgehead atoms. The molecule has 0 saturated carbocycles. The summed E-state index contributed by atoms with van der Waals surface area (Å²) >= 11 is 0. The van der Waals surface area contributed by atoms with Crippen LogP contribution in [0.15, 0.2) is 54.6 Å². The Kier molecular flexibility index (Phi) is 6.63. The molecule has 2 aromatic carbocycles. The maximum atomic E-state index is 11.8. The van der Waals surface area contributed by atoms with E-state index in [-0.39, 0.29) is 12.6 Å². The number of benzene rings is 2. The highest BCUT2D eigenvalue weighted by atomic mass is 16.3. The third-order valence-electron chi connectivity index (χ3n) is 3.79. The van der Waals surface area contributed by atoms with Crippen LogP contribution in [0.2, 0.25) is 0 Å². The molecule has 0 radical (unpaired) electrons. The fraction of sp³-hybridized carbons (Fsp3) is 0.316. The highest BCUT2D eigenvalue weighted by molar-refractivity contribution is 5.73. The number of anilines is 1. The summed E-state index contributed by atoms with van der Waals surface area (Å²) in [6.45, 7) is 0.738. The largest absolute Gasteiger partial charge is 0.387 e. The van der Waals surface area contributed by atoms with Gasteiger partial charge in [-0.25, -0.2) is 4.79 Å². The summed E-state index contributed by atoms with van der Waals surface area (Å²) in [4.78, 5) is 13.8. The van der Waals surface area contributed by atoms with Crippen LogP contribution >= 0.6 is 0 Å². The van der Waals surface area contributed by atoms with E-state index in [4.69, 9.17) is 0 Å². The Morgan fingerprint density at radius 3 is 2.33 bits per heavy atom. The van der Waals surface area contributed by atoms with Gasteiger partial charge in [-0.15, -0.1) is 0 Å². The summed E-state index contributed by atoms with van der Waals surface area (Å²) in [6.07, 6.45) is 0.0593. The molecule has 5 heteroatoms. The minimum absolute atomic E-state index is 0.179. The molecule has 0 saturated heterocycles. The molecule has 0 spiro atoms. The zero-order chi connectivity index (χ0) is 17.4. The van der Waals surface area contributed by atoms with Gasteiger partial charge in [-0.3, -0.25) is 0 Å². The predicted molar refractivity (Wildman–Crippen MR) is 97.3 cm³/mol. The van der Waals surface area contributed by atoms with Gasteiger partial charge < -0.3 is 20.6 Å². The first-order chi connectivity index (χ1) is 11.6. The van der Waals surface area contributed by atoms with Crippen molar-refractivity contribution in [2.24, 2.45) is 0 Å². The van der Waals surface area contributed by atoms with Gasteiger partial charge in [0.2, 0.25) is 0 Å². The molecule has 3 N–H and O–H groups in total. The van der Waals surface area contributed by atoms with E-state index in [1.165, 1.54) is 5.56 Å². The Labute approximate surface area is 143 Å². The lowest BCUT2D eigenvalue weighted by Gasteiger charge is -2.16. The Bertz CT molecular complexity index is 627. The molecular weight excluding hydrogens is 302 g/mol. The van der Waals surface area contributed by atoms with Crippen molar-refractivity contribution in [3.05, 3.63) is 65.7 Å². The maximum Gasteiger partial charge on any atom is 0.314 e. The van der Waals surface area contributed by atoms with Gasteiger partial charge >= 0.3 is 6.03 Å². The first-order valence-corrected chi connectivity index (χ1v) is 8.07. The summed E-state index contributed by atoms with van der Waals surface area (Å²) in [6, 6.07) is 17.3. The topological polar surface area (TPSA) is 64.6 Å². The van der Waals surface area contributed by atoms with Crippen molar-refractivity contribution < 1.29 is 9.90 Å². The van der Waals surface area contributed by atoms with E-state index < -0.39 is 6.10 Å². The molecule has 24 heavy (non-hydrogen) atoms. The van der Waals surface area contributed by atoms with Gasteiger partial charge in [-0.05, 0) is 29.7 Å². The van der Waals surface area contributed by atoms with Crippen molar-refractivity contribution in [1.29, 1.82) is 0 Å². The van der Waals surface area contributed by atoms with Gasteiger partial charge in [0.15, 0.2) is 0 Å². The Hall–Kier alpha value is -2.53. The van der Waals surface area contributed by atoms with E-state index in [1.54, 1.807) is 0 Å². The molecular formula is C19H25N3O2. The number of rotatable bonds is 7. The smallest absolute Gasteiger partial charge is 0.314 e. The Morgan fingerprint density at radius 2 is 1.71 bits per heavy atom. The molecule has 5 nitrogen and oxygen atoms in total. The number of hydrogen-bond donors (Lipinski definition) is 3. The number of amides is 2. The quantitative estimate of drug-likeness (QED) is 0.731. The minimum atomic E-state index is -0.721. The molecule has 0 aromatic heterocycles. The number of carbonyl (C=O) groups excluding carboxylic acids is 1. The van der Waals surface area contributed by atoms with Crippen molar-refractivity contribution in [1.82, 2.24) is 10.6 Å². The fourth-order valence-electron chi connectivity index (χ4n) is 2.33. The molecule has 1 atom stereocenters. The van der Waals surface area contributed by atoms with Crippen LogP contribution in [0.5, 0.6) is 0 Å². The van der Waals surface area contributed by atoms with Crippen molar-refractivity contribution in [3.8, 4) is 0 Å². The minimum Gasteiger partial charge on any atom is -0.387 e. The van der Waals surface area contributed by atoms with Gasteiger partial charge in [0.1, 0.15) is 0 Å². The van der Waals surface area contributed by atoms with Crippen molar-refractivity contribution in [2.45, 2.75) is 12.5 Å². The van der Waals surface area contributed by atoms with Crippen LogP contribution in [-0.2, 0) is 6.42 Å². The van der Waals surface area contributed by atoms with E-state index in [9.17, 15) is 9.90 Å². The second-order valence-corrected chi connectivity index (χ2v) is 5.87. The number of nitrogens with one attached hydrogen (secondary N) is 2. The summed E-state index contributed by atoms with van der Waals surface area (Å²) in [5.74, 6) is 0. The summed E-state index contributed by atoms with van der Waals surface area (Å²) in [7, 11) is 3.93. The van der Waals surface area contributed by atoms with Crippen LogP contribution < -0.4 is 15.5 Å². The van der Waals surface area contributed by atoms with Crippen molar-refractivity contribution in [2.75, 3.05) is 32.1 Å². The number of aliphatic hydroxyl groups is 1. The second kappa shape index (κ2) is 8.93. The molecule has 1 unspecified atom stereocenters. The van der Waals surface area contributed by atoms with Crippen LogP contribution in [0.3, 0.4) is 0 Å². The molecule has 0 fully saturated rings. The SMILES string of the molecule is CN(C)c1ccc(C(O)CNC(=O)NCCc2ccccc2)cc1. The maximum absolute atomic E-state index is 11.8. The Balaban J connectivity index is 1.70. The monoisotopic (exact) mass is 327 g/mol. The van der Waals surface area contributed by atoms with Crippen molar-refractivity contribution in [3.63, 3.8) is 0 Å². The first-order valence-electron chi connectivity index (χ1n) is 8.07. The zero-order valence-corrected chi connectivity index (χ0v) is 14.2. The molecule has 0 aliphatic heterocycles. The normalized spacial score (nSPS) is 11.6. The van der Waals surface area contributed by atoms with Crippen LogP contribution in [0, 0.1) is 0 Å². The third kappa shape index (κ3) is 5.59. The van der Waals surface area contributed by atoms with Gasteiger partial charge in [0, 0.05) is 32.9 Å². The number of aliphatic hydroxyl groups excluding tert-OH is 1. The molecule has 128 valence electrons. The predicted octanol–water partition coefficient (Wildman–Crippen LogP) is 2.33. The highest BCUT2D eigenvalue weighted by Gasteiger charge is 2.09. The average Bonchev–Trinajstić information content (AvgIpc) is 2.60. The summed E-state index contributed by atoms with van der Waals surface area (Å²) < 4.78 is 0. The number of urea groups is 1. The van der Waals surface area contributed by atoms with Crippen LogP contribution in [-0.4, -0.2) is 38.3 Å². The van der Waals surface area contributed by atoms with E-state index in [2.05, 4.69) is 10.6 Å². The number of hydrogen-bond acceptors (Lipinski definition) is 3.